The van der Waals surface area contributed by atoms with Crippen molar-refractivity contribution in [3.8, 4) is 0 Å². The summed E-state index contributed by atoms with van der Waals surface area (Å²) in [5, 5.41) is 5.62. The Morgan fingerprint density at radius 3 is 2.77 bits per heavy atom. The van der Waals surface area contributed by atoms with Crippen molar-refractivity contribution < 1.29 is 22.7 Å². The number of alkyl halides is 3. The molecule has 6 rings (SSSR count). The second kappa shape index (κ2) is 7.38. The lowest BCUT2D eigenvalue weighted by atomic mass is 10.0. The second-order valence-corrected chi connectivity index (χ2v) is 9.12. The number of fused-ring (bicyclic) bond motifs is 6. The summed E-state index contributed by atoms with van der Waals surface area (Å²) in [5.41, 5.74) is 8.05. The average molecular weight is 482 g/mol. The number of morpholine rings is 1. The molecule has 2 aliphatic rings. The predicted molar refractivity (Wildman–Crippen MR) is 121 cm³/mol. The average Bonchev–Trinajstić information content (AvgIpc) is 3.37. The van der Waals surface area contributed by atoms with Gasteiger partial charge in [-0.05, 0) is 36.2 Å². The normalized spacial score (nSPS) is 22.0. The summed E-state index contributed by atoms with van der Waals surface area (Å²) in [5.74, 6) is 0.00375. The number of benzene rings is 1. The van der Waals surface area contributed by atoms with Crippen LogP contribution in [0.2, 0.25) is 0 Å². The molecule has 0 bridgehead atoms. The van der Waals surface area contributed by atoms with Gasteiger partial charge in [-0.1, -0.05) is 6.07 Å². The van der Waals surface area contributed by atoms with Gasteiger partial charge in [-0.25, -0.2) is 9.97 Å². The molecule has 3 aromatic heterocycles. The molecule has 0 unspecified atom stereocenters. The maximum Gasteiger partial charge on any atom is 0.416 e. The van der Waals surface area contributed by atoms with Crippen LogP contribution in [0.25, 0.3) is 21.8 Å². The van der Waals surface area contributed by atoms with Crippen LogP contribution in [0.5, 0.6) is 0 Å². The van der Waals surface area contributed by atoms with Crippen LogP contribution in [0.1, 0.15) is 40.1 Å². The molecule has 1 fully saturated rings. The summed E-state index contributed by atoms with van der Waals surface area (Å²) in [6.45, 7) is 2.14. The van der Waals surface area contributed by atoms with Gasteiger partial charge in [0.1, 0.15) is 11.5 Å². The molecule has 35 heavy (non-hydrogen) atoms. The molecule has 4 heterocycles. The molecular weight excluding hydrogens is 461 g/mol. The van der Waals surface area contributed by atoms with Crippen molar-refractivity contribution in [3.63, 3.8) is 0 Å². The number of aryl methyl sites for hydroxylation is 1. The van der Waals surface area contributed by atoms with Gasteiger partial charge in [0.05, 0.1) is 52.6 Å². The minimum Gasteiger partial charge on any atom is -0.383 e. The first-order chi connectivity index (χ1) is 16.6. The number of nitrogens with zero attached hydrogens (tertiary/aromatic N) is 5. The van der Waals surface area contributed by atoms with E-state index in [1.165, 1.54) is 12.3 Å². The molecule has 8 nitrogen and oxygen atoms in total. The van der Waals surface area contributed by atoms with Crippen molar-refractivity contribution in [2.24, 2.45) is 7.05 Å². The van der Waals surface area contributed by atoms with E-state index in [1.54, 1.807) is 28.9 Å². The summed E-state index contributed by atoms with van der Waals surface area (Å²) >= 11 is 0. The Balaban J connectivity index is 1.43. The largest absolute Gasteiger partial charge is 0.416 e. The molecular formula is C24H21F3N6O2. The van der Waals surface area contributed by atoms with E-state index in [0.717, 1.165) is 17.6 Å². The Labute approximate surface area is 197 Å². The molecule has 0 radical (unpaired) electrons. The maximum atomic E-state index is 13.8. The molecule has 1 aliphatic heterocycles. The number of carbonyl (C=O) groups is 1. The zero-order chi connectivity index (χ0) is 24.6. The summed E-state index contributed by atoms with van der Waals surface area (Å²) in [4.78, 5) is 24.2. The number of carbonyl (C=O) groups excluding carboxylic acids is 1. The van der Waals surface area contributed by atoms with Gasteiger partial charge in [-0.2, -0.15) is 18.3 Å². The van der Waals surface area contributed by atoms with E-state index < -0.39 is 23.9 Å². The van der Waals surface area contributed by atoms with E-state index >= 15 is 0 Å². The molecule has 4 aromatic rings. The van der Waals surface area contributed by atoms with Crippen LogP contribution in [-0.2, 0) is 24.4 Å². The quantitative estimate of drug-likeness (QED) is 0.445. The highest BCUT2D eigenvalue weighted by Crippen LogP contribution is 2.44. The van der Waals surface area contributed by atoms with Gasteiger partial charge >= 0.3 is 6.18 Å². The van der Waals surface area contributed by atoms with Gasteiger partial charge in [0.15, 0.2) is 0 Å². The van der Waals surface area contributed by atoms with Gasteiger partial charge in [0.2, 0.25) is 0 Å². The van der Waals surface area contributed by atoms with Gasteiger partial charge in [0, 0.05) is 25.4 Å². The monoisotopic (exact) mass is 482 g/mol. The number of ether oxygens (including phenoxy) is 1. The van der Waals surface area contributed by atoms with E-state index in [2.05, 4.69) is 15.1 Å². The minimum atomic E-state index is -4.43. The maximum absolute atomic E-state index is 13.8. The van der Waals surface area contributed by atoms with Crippen molar-refractivity contribution in [2.75, 3.05) is 12.3 Å². The van der Waals surface area contributed by atoms with Crippen LogP contribution >= 0.6 is 0 Å². The third-order valence-corrected chi connectivity index (χ3v) is 6.83. The Kier molecular flexibility index (Phi) is 4.59. The van der Waals surface area contributed by atoms with E-state index in [-0.39, 0.29) is 17.7 Å². The van der Waals surface area contributed by atoms with Crippen molar-refractivity contribution in [1.29, 1.82) is 0 Å². The lowest BCUT2D eigenvalue weighted by molar-refractivity contribution is -0.137. The third-order valence-electron chi connectivity index (χ3n) is 6.83. The van der Waals surface area contributed by atoms with Crippen LogP contribution in [0, 0.1) is 0 Å². The lowest BCUT2D eigenvalue weighted by Crippen LogP contribution is -2.50. The second-order valence-electron chi connectivity index (χ2n) is 9.12. The van der Waals surface area contributed by atoms with Crippen LogP contribution in [0.3, 0.4) is 0 Å². The van der Waals surface area contributed by atoms with Gasteiger partial charge in [0.25, 0.3) is 5.91 Å². The number of anilines is 1. The lowest BCUT2D eigenvalue weighted by Gasteiger charge is -2.41. The van der Waals surface area contributed by atoms with E-state index in [0.29, 0.717) is 46.2 Å². The molecule has 1 aromatic carbocycles. The molecule has 3 atom stereocenters. The minimum absolute atomic E-state index is 0.208. The molecule has 11 heteroatoms. The van der Waals surface area contributed by atoms with E-state index in [9.17, 15) is 18.0 Å². The van der Waals surface area contributed by atoms with Gasteiger partial charge < -0.3 is 15.4 Å². The molecule has 180 valence electrons. The first-order valence-electron chi connectivity index (χ1n) is 11.1. The van der Waals surface area contributed by atoms with Gasteiger partial charge in [-0.3, -0.25) is 9.48 Å². The van der Waals surface area contributed by atoms with Crippen LogP contribution < -0.4 is 5.73 Å². The van der Waals surface area contributed by atoms with Crippen molar-refractivity contribution in [2.45, 2.75) is 37.8 Å². The fraction of sp³-hybridized carbons (Fsp3) is 0.333. The van der Waals surface area contributed by atoms with Gasteiger partial charge in [-0.15, -0.1) is 0 Å². The zero-order valence-corrected chi connectivity index (χ0v) is 18.9. The zero-order valence-electron chi connectivity index (χ0n) is 18.9. The number of aromatic nitrogens is 4. The summed E-state index contributed by atoms with van der Waals surface area (Å²) in [7, 11) is 1.78. The Morgan fingerprint density at radius 2 is 2.00 bits per heavy atom. The number of rotatable bonds is 1. The number of halogens is 3. The topological polar surface area (TPSA) is 99.2 Å². The SMILES string of the molecule is C[C@@H]1CN(C(=O)c2cc3c(cn2)nc(N)c2cnn(C)c23)[C@H]2c3ccc(C(F)(F)F)cc3C[C@H]2O1. The third kappa shape index (κ3) is 3.33. The highest BCUT2D eigenvalue weighted by atomic mass is 19.4. The van der Waals surface area contributed by atoms with Crippen LogP contribution in [0.15, 0.2) is 36.7 Å². The molecule has 2 N–H and O–H groups in total. The smallest absolute Gasteiger partial charge is 0.383 e. The fourth-order valence-corrected chi connectivity index (χ4v) is 5.33. The number of pyridine rings is 2. The predicted octanol–water partition coefficient (Wildman–Crippen LogP) is 3.64. The molecule has 0 spiro atoms. The summed E-state index contributed by atoms with van der Waals surface area (Å²) in [6.07, 6.45) is -1.70. The Bertz CT molecular complexity index is 1510. The van der Waals surface area contributed by atoms with E-state index in [4.69, 9.17) is 10.5 Å². The molecule has 0 saturated carbocycles. The van der Waals surface area contributed by atoms with Crippen LogP contribution in [-0.4, -0.2) is 49.3 Å². The van der Waals surface area contributed by atoms with Crippen LogP contribution in [0.4, 0.5) is 19.0 Å². The highest BCUT2D eigenvalue weighted by Gasteiger charge is 2.45. The Hall–Kier alpha value is -3.73. The number of hydrogen-bond acceptors (Lipinski definition) is 6. The number of nitrogen functional groups attached to an aromatic ring is 1. The number of hydrogen-bond donors (Lipinski definition) is 1. The standard InChI is InChI=1S/C24H21F3N6O2/c1-11-10-33(21-14-4-3-13(24(25,26)27)5-12(14)6-19(21)35-11)23(34)17-7-15-18(9-29-17)31-22(28)16-8-30-32(2)20(15)16/h3-5,7-9,11,19,21H,6,10H2,1-2H3,(H2,28,31)/t11-,19-,21+/m1/s1. The van der Waals surface area contributed by atoms with Crippen molar-refractivity contribution in [3.05, 3.63) is 59.0 Å². The first-order valence-corrected chi connectivity index (χ1v) is 11.1. The van der Waals surface area contributed by atoms with E-state index in [1.807, 2.05) is 6.92 Å². The highest BCUT2D eigenvalue weighted by molar-refractivity contribution is 6.09. The number of amides is 1. The first kappa shape index (κ1) is 21.8. The Morgan fingerprint density at radius 1 is 1.20 bits per heavy atom. The molecule has 1 saturated heterocycles. The summed E-state index contributed by atoms with van der Waals surface area (Å²) < 4.78 is 47.5. The fourth-order valence-electron chi connectivity index (χ4n) is 5.33. The molecule has 1 amide bonds. The number of nitrogens with two attached hydrogens (primary N) is 1. The van der Waals surface area contributed by atoms with Crippen molar-refractivity contribution >= 4 is 33.5 Å². The molecule has 1 aliphatic carbocycles. The van der Waals surface area contributed by atoms with Crippen molar-refractivity contribution in [1.82, 2.24) is 24.6 Å². The summed E-state index contributed by atoms with van der Waals surface area (Å²) in [6, 6.07) is 4.86.